The van der Waals surface area contributed by atoms with Crippen LogP contribution in [0.2, 0.25) is 0 Å². The van der Waals surface area contributed by atoms with E-state index in [9.17, 15) is 0 Å². The smallest absolute Gasteiger partial charge is 0.128 e. The molecule has 0 saturated carbocycles. The second-order valence-corrected chi connectivity index (χ2v) is 5.18. The molecular weight excluding hydrogens is 186 g/mol. The number of nitrogen functional groups attached to an aromatic ring is 1. The third-order valence-corrected chi connectivity index (χ3v) is 2.53. The van der Waals surface area contributed by atoms with Gasteiger partial charge in [0.25, 0.3) is 0 Å². The fourth-order valence-corrected chi connectivity index (χ4v) is 1.46. The third-order valence-electron chi connectivity index (χ3n) is 2.53. The maximum Gasteiger partial charge on any atom is 0.128 e. The Morgan fingerprint density at radius 3 is 2.20 bits per heavy atom. The fourth-order valence-electron chi connectivity index (χ4n) is 1.46. The van der Waals surface area contributed by atoms with E-state index >= 15 is 0 Å². The van der Waals surface area contributed by atoms with Crippen molar-refractivity contribution in [1.82, 2.24) is 4.98 Å². The molecule has 0 aliphatic carbocycles. The minimum absolute atomic E-state index is 0.0343. The van der Waals surface area contributed by atoms with Gasteiger partial charge >= 0.3 is 0 Å². The van der Waals surface area contributed by atoms with Gasteiger partial charge in [0.2, 0.25) is 0 Å². The van der Waals surface area contributed by atoms with Crippen LogP contribution in [-0.4, -0.2) is 19.1 Å². The number of hydrogen-bond acceptors (Lipinski definition) is 3. The summed E-state index contributed by atoms with van der Waals surface area (Å²) < 4.78 is 0. The molecule has 1 aromatic rings. The van der Waals surface area contributed by atoms with E-state index in [1.54, 1.807) is 0 Å². The van der Waals surface area contributed by atoms with Crippen LogP contribution in [0.15, 0.2) is 6.07 Å². The molecule has 0 fully saturated rings. The topological polar surface area (TPSA) is 42.2 Å². The monoisotopic (exact) mass is 207 g/mol. The summed E-state index contributed by atoms with van der Waals surface area (Å²) in [5.74, 6) is 0.631. The van der Waals surface area contributed by atoms with Crippen molar-refractivity contribution in [3.63, 3.8) is 0 Å². The molecule has 0 unspecified atom stereocenters. The van der Waals surface area contributed by atoms with Crippen molar-refractivity contribution in [1.29, 1.82) is 0 Å². The van der Waals surface area contributed by atoms with Crippen LogP contribution < -0.4 is 10.6 Å². The Hall–Kier alpha value is -1.25. The predicted molar refractivity (Wildman–Crippen MR) is 66.4 cm³/mol. The molecule has 3 nitrogen and oxygen atoms in total. The number of nitrogens with two attached hydrogens (primary N) is 1. The minimum Gasteiger partial charge on any atom is -0.383 e. The maximum atomic E-state index is 5.92. The number of rotatable bonds is 1. The SMILES string of the molecule is Cc1c(N(C)C)cc(C(C)(C)C)nc1N. The van der Waals surface area contributed by atoms with Gasteiger partial charge in [-0.15, -0.1) is 0 Å². The first-order valence-corrected chi connectivity index (χ1v) is 5.18. The van der Waals surface area contributed by atoms with Gasteiger partial charge in [-0.05, 0) is 13.0 Å². The highest BCUT2D eigenvalue weighted by Crippen LogP contribution is 2.29. The first kappa shape index (κ1) is 11.8. The van der Waals surface area contributed by atoms with Crippen molar-refractivity contribution in [3.05, 3.63) is 17.3 Å². The van der Waals surface area contributed by atoms with Crippen LogP contribution in [0.25, 0.3) is 0 Å². The molecular formula is C12H21N3. The summed E-state index contributed by atoms with van der Waals surface area (Å²) in [6, 6.07) is 2.12. The zero-order chi connectivity index (χ0) is 11.8. The molecule has 0 spiro atoms. The largest absolute Gasteiger partial charge is 0.383 e. The second-order valence-electron chi connectivity index (χ2n) is 5.18. The van der Waals surface area contributed by atoms with E-state index in [0.29, 0.717) is 5.82 Å². The summed E-state index contributed by atoms with van der Waals surface area (Å²) in [6.45, 7) is 8.43. The molecule has 3 heteroatoms. The number of hydrogen-bond donors (Lipinski definition) is 1. The van der Waals surface area contributed by atoms with E-state index in [1.807, 2.05) is 21.0 Å². The maximum absolute atomic E-state index is 5.92. The van der Waals surface area contributed by atoms with Crippen LogP contribution in [0.4, 0.5) is 11.5 Å². The van der Waals surface area contributed by atoms with E-state index in [0.717, 1.165) is 16.9 Å². The van der Waals surface area contributed by atoms with Crippen LogP contribution in [0.1, 0.15) is 32.0 Å². The van der Waals surface area contributed by atoms with Crippen molar-refractivity contribution < 1.29 is 0 Å². The molecule has 0 aliphatic rings. The van der Waals surface area contributed by atoms with Gasteiger partial charge < -0.3 is 10.6 Å². The molecule has 2 N–H and O–H groups in total. The lowest BCUT2D eigenvalue weighted by molar-refractivity contribution is 0.569. The molecule has 15 heavy (non-hydrogen) atoms. The molecule has 1 aromatic heterocycles. The quantitative estimate of drug-likeness (QED) is 0.768. The Labute approximate surface area is 92.3 Å². The Bertz CT molecular complexity index is 362. The number of pyridine rings is 1. The Morgan fingerprint density at radius 2 is 1.80 bits per heavy atom. The average Bonchev–Trinajstić information content (AvgIpc) is 2.06. The van der Waals surface area contributed by atoms with Crippen LogP contribution in [0.3, 0.4) is 0 Å². The lowest BCUT2D eigenvalue weighted by Gasteiger charge is -2.23. The summed E-state index contributed by atoms with van der Waals surface area (Å²) >= 11 is 0. The Balaban J connectivity index is 3.36. The molecule has 0 aromatic carbocycles. The van der Waals surface area contributed by atoms with Crippen molar-refractivity contribution in [2.75, 3.05) is 24.7 Å². The first-order valence-electron chi connectivity index (χ1n) is 5.18. The molecule has 0 bridgehead atoms. The van der Waals surface area contributed by atoms with E-state index in [1.165, 1.54) is 0 Å². The average molecular weight is 207 g/mol. The van der Waals surface area contributed by atoms with E-state index in [-0.39, 0.29) is 5.41 Å². The van der Waals surface area contributed by atoms with Crippen LogP contribution in [0, 0.1) is 6.92 Å². The highest BCUT2D eigenvalue weighted by molar-refractivity contribution is 5.61. The molecule has 1 heterocycles. The molecule has 0 saturated heterocycles. The number of nitrogens with zero attached hydrogens (tertiary/aromatic N) is 2. The van der Waals surface area contributed by atoms with E-state index < -0.39 is 0 Å². The molecule has 0 aliphatic heterocycles. The Kier molecular flexibility index (Phi) is 2.93. The molecule has 0 amide bonds. The fraction of sp³-hybridized carbons (Fsp3) is 0.583. The summed E-state index contributed by atoms with van der Waals surface area (Å²) in [4.78, 5) is 6.51. The lowest BCUT2D eigenvalue weighted by Crippen LogP contribution is -2.18. The van der Waals surface area contributed by atoms with Crippen molar-refractivity contribution in [3.8, 4) is 0 Å². The van der Waals surface area contributed by atoms with Crippen LogP contribution in [-0.2, 0) is 5.41 Å². The molecule has 84 valence electrons. The molecule has 1 rings (SSSR count). The van der Waals surface area contributed by atoms with Gasteiger partial charge in [0.15, 0.2) is 0 Å². The summed E-state index contributed by atoms with van der Waals surface area (Å²) in [5, 5.41) is 0. The van der Waals surface area contributed by atoms with Gasteiger partial charge in [0.1, 0.15) is 5.82 Å². The summed E-state index contributed by atoms with van der Waals surface area (Å²) in [7, 11) is 4.04. The third kappa shape index (κ3) is 2.41. The standard InChI is InChI=1S/C12H21N3/c1-8-9(15(5)6)7-10(12(2,3)4)14-11(8)13/h7H,1-6H3,(H2,13,14). The zero-order valence-corrected chi connectivity index (χ0v) is 10.5. The number of anilines is 2. The minimum atomic E-state index is 0.0343. The van der Waals surface area contributed by atoms with Gasteiger partial charge in [0, 0.05) is 30.8 Å². The van der Waals surface area contributed by atoms with Crippen molar-refractivity contribution in [2.24, 2.45) is 0 Å². The van der Waals surface area contributed by atoms with Gasteiger partial charge in [-0.1, -0.05) is 20.8 Å². The van der Waals surface area contributed by atoms with E-state index in [4.69, 9.17) is 5.73 Å². The van der Waals surface area contributed by atoms with Gasteiger partial charge in [-0.25, -0.2) is 4.98 Å². The molecule has 0 atom stereocenters. The second kappa shape index (κ2) is 3.72. The molecule has 0 radical (unpaired) electrons. The first-order chi connectivity index (χ1) is 6.73. The lowest BCUT2D eigenvalue weighted by atomic mass is 9.91. The van der Waals surface area contributed by atoms with Crippen molar-refractivity contribution >= 4 is 11.5 Å². The van der Waals surface area contributed by atoms with Crippen molar-refractivity contribution in [2.45, 2.75) is 33.1 Å². The van der Waals surface area contributed by atoms with Gasteiger partial charge in [-0.2, -0.15) is 0 Å². The summed E-state index contributed by atoms with van der Waals surface area (Å²) in [6.07, 6.45) is 0. The Morgan fingerprint density at radius 1 is 1.27 bits per heavy atom. The normalized spacial score (nSPS) is 11.6. The number of aromatic nitrogens is 1. The highest BCUT2D eigenvalue weighted by atomic mass is 15.1. The van der Waals surface area contributed by atoms with Crippen LogP contribution >= 0.6 is 0 Å². The highest BCUT2D eigenvalue weighted by Gasteiger charge is 2.18. The summed E-state index contributed by atoms with van der Waals surface area (Å²) in [5.41, 5.74) is 9.18. The van der Waals surface area contributed by atoms with E-state index in [2.05, 4.69) is 36.7 Å². The zero-order valence-electron chi connectivity index (χ0n) is 10.5. The van der Waals surface area contributed by atoms with Crippen LogP contribution in [0.5, 0.6) is 0 Å². The van der Waals surface area contributed by atoms with Gasteiger partial charge in [-0.3, -0.25) is 0 Å². The predicted octanol–water partition coefficient (Wildman–Crippen LogP) is 2.34. The van der Waals surface area contributed by atoms with Gasteiger partial charge in [0.05, 0.1) is 5.69 Å².